The molecule has 2 heterocycles. The number of H-pyrrole nitrogens is 1. The van der Waals surface area contributed by atoms with E-state index in [0.29, 0.717) is 24.5 Å². The van der Waals surface area contributed by atoms with Crippen LogP contribution in [0, 0.1) is 11.6 Å². The van der Waals surface area contributed by atoms with Crippen molar-refractivity contribution in [2.75, 3.05) is 13.1 Å². The minimum atomic E-state index is -1.01. The van der Waals surface area contributed by atoms with Crippen molar-refractivity contribution in [3.63, 3.8) is 0 Å². The summed E-state index contributed by atoms with van der Waals surface area (Å²) >= 11 is 6.20. The van der Waals surface area contributed by atoms with Crippen molar-refractivity contribution in [2.24, 2.45) is 0 Å². The number of hydrogen-bond donors (Lipinski definition) is 1. The molecule has 0 unspecified atom stereocenters. The second kappa shape index (κ2) is 6.57. The summed E-state index contributed by atoms with van der Waals surface area (Å²) in [7, 11) is 0. The van der Waals surface area contributed by atoms with E-state index in [2.05, 4.69) is 4.98 Å². The van der Waals surface area contributed by atoms with E-state index in [1.165, 1.54) is 6.07 Å². The molecule has 3 aromatic rings. The highest BCUT2D eigenvalue weighted by Gasteiger charge is 2.21. The fraction of sp³-hybridized carbons (Fsp3) is 0.150. The average Bonchev–Trinajstić information content (AvgIpc) is 3.09. The summed E-state index contributed by atoms with van der Waals surface area (Å²) in [5.74, 6) is -2.28. The number of benzene rings is 2. The second-order valence-electron chi connectivity index (χ2n) is 6.22. The van der Waals surface area contributed by atoms with E-state index in [1.807, 2.05) is 30.5 Å². The van der Waals surface area contributed by atoms with Gasteiger partial charge in [-0.25, -0.2) is 8.78 Å². The number of rotatable bonds is 2. The smallest absolute Gasteiger partial charge is 0.254 e. The number of para-hydroxylation sites is 1. The van der Waals surface area contributed by atoms with Crippen LogP contribution in [0.15, 0.2) is 48.7 Å². The number of carbonyl (C=O) groups excluding carboxylic acids is 1. The molecule has 4 rings (SSSR count). The van der Waals surface area contributed by atoms with Crippen LogP contribution in [0.1, 0.15) is 22.3 Å². The minimum absolute atomic E-state index is 0.152. The van der Waals surface area contributed by atoms with Crippen LogP contribution >= 0.6 is 11.6 Å². The second-order valence-corrected chi connectivity index (χ2v) is 6.63. The highest BCUT2D eigenvalue weighted by molar-refractivity contribution is 6.35. The predicted octanol–water partition coefficient (Wildman–Crippen LogP) is 5.03. The van der Waals surface area contributed by atoms with E-state index in [-0.39, 0.29) is 11.5 Å². The normalized spacial score (nSPS) is 14.6. The van der Waals surface area contributed by atoms with Gasteiger partial charge in [0.05, 0.1) is 10.5 Å². The van der Waals surface area contributed by atoms with E-state index in [1.54, 1.807) is 4.90 Å². The van der Waals surface area contributed by atoms with Crippen molar-refractivity contribution in [1.29, 1.82) is 0 Å². The van der Waals surface area contributed by atoms with Gasteiger partial charge in [-0.15, -0.1) is 0 Å². The summed E-state index contributed by atoms with van der Waals surface area (Å²) in [6.07, 6.45) is 4.59. The topological polar surface area (TPSA) is 36.1 Å². The van der Waals surface area contributed by atoms with Crippen molar-refractivity contribution >= 4 is 34.0 Å². The molecule has 1 aliphatic rings. The third kappa shape index (κ3) is 2.88. The lowest BCUT2D eigenvalue weighted by molar-refractivity contribution is 0.0772. The first-order valence-electron chi connectivity index (χ1n) is 8.24. The number of aromatic nitrogens is 1. The highest BCUT2D eigenvalue weighted by Crippen LogP contribution is 2.32. The zero-order valence-electron chi connectivity index (χ0n) is 13.7. The molecule has 1 aliphatic heterocycles. The molecule has 0 atom stereocenters. The van der Waals surface area contributed by atoms with Gasteiger partial charge in [0.15, 0.2) is 11.6 Å². The van der Waals surface area contributed by atoms with Crippen LogP contribution in [0.3, 0.4) is 0 Å². The Kier molecular flexibility index (Phi) is 4.24. The summed E-state index contributed by atoms with van der Waals surface area (Å²) in [5.41, 5.74) is 3.25. The van der Waals surface area contributed by atoms with Gasteiger partial charge >= 0.3 is 0 Å². The van der Waals surface area contributed by atoms with Crippen molar-refractivity contribution in [1.82, 2.24) is 9.88 Å². The number of aromatic amines is 1. The number of nitrogens with zero attached hydrogens (tertiary/aromatic N) is 1. The van der Waals surface area contributed by atoms with Gasteiger partial charge in [0.1, 0.15) is 0 Å². The molecule has 0 saturated heterocycles. The monoisotopic (exact) mass is 372 g/mol. The molecule has 0 fully saturated rings. The van der Waals surface area contributed by atoms with Crippen LogP contribution in [-0.4, -0.2) is 28.9 Å². The Morgan fingerprint density at radius 3 is 2.73 bits per heavy atom. The third-order valence-electron chi connectivity index (χ3n) is 4.67. The van der Waals surface area contributed by atoms with E-state index < -0.39 is 11.6 Å². The molecular formula is C20H15ClF2N2O. The SMILES string of the molecule is O=C(c1ccc(F)c(F)c1)N1CC=C(c2c[nH]c3c(Cl)cccc23)CC1. The Hall–Kier alpha value is -2.66. The van der Waals surface area contributed by atoms with E-state index in [4.69, 9.17) is 11.6 Å². The molecule has 1 aromatic heterocycles. The molecule has 1 amide bonds. The average molecular weight is 373 g/mol. The van der Waals surface area contributed by atoms with Gasteiger partial charge in [-0.3, -0.25) is 4.79 Å². The minimum Gasteiger partial charge on any atom is -0.359 e. The Bertz CT molecular complexity index is 1040. The molecule has 0 spiro atoms. The predicted molar refractivity (Wildman–Crippen MR) is 98.2 cm³/mol. The van der Waals surface area contributed by atoms with Gasteiger partial charge in [-0.2, -0.15) is 0 Å². The standard InChI is InChI=1S/C20H15ClF2N2O/c21-16-3-1-2-14-15(11-24-19(14)16)12-6-8-25(9-7-12)20(26)13-4-5-17(22)18(23)10-13/h1-6,10-11,24H,7-9H2. The summed E-state index contributed by atoms with van der Waals surface area (Å²) in [5, 5.41) is 1.71. The van der Waals surface area contributed by atoms with E-state index in [0.717, 1.165) is 34.2 Å². The first-order chi connectivity index (χ1) is 12.5. The maximum atomic E-state index is 13.4. The Morgan fingerprint density at radius 1 is 1.15 bits per heavy atom. The molecule has 1 N–H and O–H groups in total. The van der Waals surface area contributed by atoms with Crippen molar-refractivity contribution < 1.29 is 13.6 Å². The number of amides is 1. The van der Waals surface area contributed by atoms with Crippen LogP contribution in [0.4, 0.5) is 8.78 Å². The van der Waals surface area contributed by atoms with Gasteiger partial charge < -0.3 is 9.88 Å². The molecule has 0 bridgehead atoms. The maximum absolute atomic E-state index is 13.4. The Balaban J connectivity index is 1.57. The Labute approximate surface area is 153 Å². The fourth-order valence-corrected chi connectivity index (χ4v) is 3.52. The molecular weight excluding hydrogens is 358 g/mol. The van der Waals surface area contributed by atoms with Crippen molar-refractivity contribution in [3.8, 4) is 0 Å². The first kappa shape index (κ1) is 16.8. The molecule has 0 radical (unpaired) electrons. The number of hydrogen-bond acceptors (Lipinski definition) is 1. The van der Waals surface area contributed by atoms with Gasteiger partial charge in [0.2, 0.25) is 0 Å². The van der Waals surface area contributed by atoms with E-state index >= 15 is 0 Å². The van der Waals surface area contributed by atoms with Crippen LogP contribution < -0.4 is 0 Å². The molecule has 3 nitrogen and oxygen atoms in total. The van der Waals surface area contributed by atoms with Crippen molar-refractivity contribution in [3.05, 3.63) is 76.5 Å². The van der Waals surface area contributed by atoms with Gasteiger partial charge in [0, 0.05) is 35.8 Å². The largest absolute Gasteiger partial charge is 0.359 e. The summed E-state index contributed by atoms with van der Waals surface area (Å²) in [6.45, 7) is 0.928. The lowest BCUT2D eigenvalue weighted by Crippen LogP contribution is -2.34. The molecule has 0 saturated carbocycles. The lowest BCUT2D eigenvalue weighted by Gasteiger charge is -2.26. The number of fused-ring (bicyclic) bond motifs is 1. The summed E-state index contributed by atoms with van der Waals surface area (Å²) in [6, 6.07) is 8.97. The van der Waals surface area contributed by atoms with Crippen molar-refractivity contribution in [2.45, 2.75) is 6.42 Å². The molecule has 0 aliphatic carbocycles. The summed E-state index contributed by atoms with van der Waals surface area (Å²) in [4.78, 5) is 17.3. The summed E-state index contributed by atoms with van der Waals surface area (Å²) < 4.78 is 26.4. The maximum Gasteiger partial charge on any atom is 0.254 e. The fourth-order valence-electron chi connectivity index (χ4n) is 3.29. The molecule has 132 valence electrons. The van der Waals surface area contributed by atoms with Gasteiger partial charge in [-0.05, 0) is 36.3 Å². The lowest BCUT2D eigenvalue weighted by atomic mass is 9.98. The molecule has 2 aromatic carbocycles. The van der Waals surface area contributed by atoms with Crippen LogP contribution in [-0.2, 0) is 0 Å². The van der Waals surface area contributed by atoms with Gasteiger partial charge in [-0.1, -0.05) is 29.8 Å². The molecule has 26 heavy (non-hydrogen) atoms. The Morgan fingerprint density at radius 2 is 2.00 bits per heavy atom. The quantitative estimate of drug-likeness (QED) is 0.673. The van der Waals surface area contributed by atoms with Crippen LogP contribution in [0.5, 0.6) is 0 Å². The zero-order valence-corrected chi connectivity index (χ0v) is 14.5. The van der Waals surface area contributed by atoms with Crippen LogP contribution in [0.25, 0.3) is 16.5 Å². The number of halogens is 3. The van der Waals surface area contributed by atoms with Gasteiger partial charge in [0.25, 0.3) is 5.91 Å². The zero-order chi connectivity index (χ0) is 18.3. The molecule has 6 heteroatoms. The third-order valence-corrected chi connectivity index (χ3v) is 4.99. The number of nitrogens with one attached hydrogen (secondary N) is 1. The first-order valence-corrected chi connectivity index (χ1v) is 8.61. The van der Waals surface area contributed by atoms with Crippen LogP contribution in [0.2, 0.25) is 5.02 Å². The highest BCUT2D eigenvalue weighted by atomic mass is 35.5. The number of carbonyl (C=O) groups is 1. The van der Waals surface area contributed by atoms with E-state index in [9.17, 15) is 13.6 Å².